The second-order valence-electron chi connectivity index (χ2n) is 11.0. The molecule has 3 rings (SSSR count). The van der Waals surface area contributed by atoms with Crippen LogP contribution in [-0.4, -0.2) is 92.1 Å². The summed E-state index contributed by atoms with van der Waals surface area (Å²) >= 11 is 0. The van der Waals surface area contributed by atoms with Crippen molar-refractivity contribution in [2.75, 3.05) is 47.1 Å². The van der Waals surface area contributed by atoms with Crippen LogP contribution in [0.3, 0.4) is 0 Å². The molecular weight excluding hydrogens is 452 g/mol. The molecule has 0 radical (unpaired) electrons. The number of carbonyl (C=O) groups excluding carboxylic acids is 2. The van der Waals surface area contributed by atoms with E-state index >= 15 is 0 Å². The highest BCUT2D eigenvalue weighted by atomic mass is 16.6. The van der Waals surface area contributed by atoms with Crippen LogP contribution >= 0.6 is 0 Å². The maximum atomic E-state index is 14.2. The smallest absolute Gasteiger partial charge is 0.371 e. The second kappa shape index (κ2) is 11.9. The van der Waals surface area contributed by atoms with Gasteiger partial charge in [-0.15, -0.1) is 0 Å². The molecule has 0 N–H and O–H groups in total. The molecule has 1 unspecified atom stereocenters. The van der Waals surface area contributed by atoms with Gasteiger partial charge >= 0.3 is 11.9 Å². The monoisotopic (exact) mass is 498 g/mol. The predicted molar refractivity (Wildman–Crippen MR) is 130 cm³/mol. The van der Waals surface area contributed by atoms with Crippen LogP contribution in [0.2, 0.25) is 0 Å². The molecule has 2 atom stereocenters. The van der Waals surface area contributed by atoms with E-state index in [0.29, 0.717) is 45.4 Å². The number of carbonyl (C=O) groups is 2. The van der Waals surface area contributed by atoms with Gasteiger partial charge in [0.15, 0.2) is 0 Å². The Kier molecular flexibility index (Phi) is 9.59. The molecular formula is C26H46N2O7. The molecule has 1 saturated carbocycles. The number of hydrogen-bond donors (Lipinski definition) is 0. The van der Waals surface area contributed by atoms with Crippen LogP contribution in [0.4, 0.5) is 0 Å². The van der Waals surface area contributed by atoms with Crippen LogP contribution in [0.1, 0.15) is 79.1 Å². The molecule has 2 saturated heterocycles. The van der Waals surface area contributed by atoms with E-state index in [-0.39, 0.29) is 18.0 Å². The Morgan fingerprint density at radius 3 is 2.17 bits per heavy atom. The zero-order valence-electron chi connectivity index (χ0n) is 22.6. The van der Waals surface area contributed by atoms with Crippen molar-refractivity contribution < 1.29 is 33.3 Å². The molecule has 2 aliphatic heterocycles. The summed E-state index contributed by atoms with van der Waals surface area (Å²) in [5.41, 5.74) is -1.47. The minimum atomic E-state index is -1.42. The van der Waals surface area contributed by atoms with Gasteiger partial charge in [0.25, 0.3) is 5.85 Å². The van der Waals surface area contributed by atoms with Crippen LogP contribution in [0, 0.1) is 5.92 Å². The maximum Gasteiger partial charge on any atom is 0.371 e. The fraction of sp³-hybridized carbons (Fsp3) is 0.923. The van der Waals surface area contributed by atoms with Gasteiger partial charge in [-0.3, -0.25) is 9.69 Å². The van der Waals surface area contributed by atoms with Gasteiger partial charge in [0.1, 0.15) is 11.3 Å². The van der Waals surface area contributed by atoms with Crippen LogP contribution in [0.5, 0.6) is 0 Å². The molecule has 2 heterocycles. The van der Waals surface area contributed by atoms with Crippen molar-refractivity contribution in [3.05, 3.63) is 0 Å². The van der Waals surface area contributed by atoms with Crippen molar-refractivity contribution in [2.24, 2.45) is 5.92 Å². The molecule has 1 aliphatic carbocycles. The van der Waals surface area contributed by atoms with Crippen molar-refractivity contribution in [2.45, 2.75) is 102 Å². The summed E-state index contributed by atoms with van der Waals surface area (Å²) in [6, 6.07) is 0. The van der Waals surface area contributed by atoms with Gasteiger partial charge in [-0.25, -0.2) is 9.69 Å². The van der Waals surface area contributed by atoms with E-state index in [4.69, 9.17) is 23.7 Å². The zero-order valence-corrected chi connectivity index (χ0v) is 22.6. The Labute approximate surface area is 210 Å². The van der Waals surface area contributed by atoms with Gasteiger partial charge in [0.05, 0.1) is 25.2 Å². The van der Waals surface area contributed by atoms with Gasteiger partial charge in [-0.05, 0) is 79.1 Å². The van der Waals surface area contributed by atoms with Gasteiger partial charge < -0.3 is 23.7 Å². The second-order valence-corrected chi connectivity index (χ2v) is 11.0. The summed E-state index contributed by atoms with van der Waals surface area (Å²) in [6.07, 6.45) is 6.10. The first-order valence-corrected chi connectivity index (χ1v) is 13.3. The topological polar surface area (TPSA) is 86.8 Å². The molecule has 0 aromatic rings. The van der Waals surface area contributed by atoms with E-state index in [9.17, 15) is 9.59 Å². The lowest BCUT2D eigenvalue weighted by Gasteiger charge is -2.52. The molecule has 0 bridgehead atoms. The predicted octanol–water partition coefficient (Wildman–Crippen LogP) is 3.30. The Balaban J connectivity index is 1.97. The highest BCUT2D eigenvalue weighted by Crippen LogP contribution is 2.43. The van der Waals surface area contributed by atoms with Crippen molar-refractivity contribution >= 4 is 11.9 Å². The Morgan fingerprint density at radius 2 is 1.63 bits per heavy atom. The lowest BCUT2D eigenvalue weighted by Crippen LogP contribution is -2.73. The number of hydrogen-bond acceptors (Lipinski definition) is 9. The molecule has 9 heteroatoms. The third-order valence-corrected chi connectivity index (χ3v) is 7.38. The van der Waals surface area contributed by atoms with Crippen LogP contribution in [-0.2, 0) is 33.3 Å². The first kappa shape index (κ1) is 28.3. The van der Waals surface area contributed by atoms with Crippen molar-refractivity contribution in [3.8, 4) is 0 Å². The number of ether oxygens (including phenoxy) is 5. The molecule has 0 aromatic carbocycles. The van der Waals surface area contributed by atoms with Gasteiger partial charge in [-0.2, -0.15) is 0 Å². The summed E-state index contributed by atoms with van der Waals surface area (Å²) in [6.45, 7) is 10.3. The van der Waals surface area contributed by atoms with Crippen molar-refractivity contribution in [1.29, 1.82) is 0 Å². The number of methoxy groups -OCH3 is 2. The number of esters is 2. The SMILES string of the molecule is CCOC(=O)C1CCC(OC(C(=O)OC(C)(C)C)(N2CCCC2)N2CCC[C@@]2(COC)OC)CC1. The molecule has 0 aromatic heterocycles. The molecule has 0 amide bonds. The van der Waals surface area contributed by atoms with E-state index in [0.717, 1.165) is 38.8 Å². The average Bonchev–Trinajstić information content (AvgIpc) is 3.48. The Hall–Kier alpha value is -1.26. The maximum absolute atomic E-state index is 14.2. The third-order valence-electron chi connectivity index (χ3n) is 7.38. The molecule has 9 nitrogen and oxygen atoms in total. The summed E-state index contributed by atoms with van der Waals surface area (Å²) in [5, 5.41) is 0. The fourth-order valence-corrected chi connectivity index (χ4v) is 5.80. The van der Waals surface area contributed by atoms with E-state index < -0.39 is 23.1 Å². The quantitative estimate of drug-likeness (QED) is 0.421. The molecule has 3 fully saturated rings. The summed E-state index contributed by atoms with van der Waals surface area (Å²) in [5.74, 6) is -2.08. The minimum absolute atomic E-state index is 0.115. The highest BCUT2D eigenvalue weighted by molar-refractivity contribution is 5.79. The fourth-order valence-electron chi connectivity index (χ4n) is 5.80. The summed E-state index contributed by atoms with van der Waals surface area (Å²) in [7, 11) is 3.32. The molecule has 0 spiro atoms. The number of rotatable bonds is 10. The van der Waals surface area contributed by atoms with E-state index in [1.807, 2.05) is 27.7 Å². The van der Waals surface area contributed by atoms with E-state index in [2.05, 4.69) is 9.80 Å². The minimum Gasteiger partial charge on any atom is -0.466 e. The Bertz CT molecular complexity index is 713. The highest BCUT2D eigenvalue weighted by Gasteiger charge is 2.62. The summed E-state index contributed by atoms with van der Waals surface area (Å²) < 4.78 is 29.9. The molecule has 202 valence electrons. The van der Waals surface area contributed by atoms with E-state index in [1.165, 1.54) is 0 Å². The van der Waals surface area contributed by atoms with Gasteiger partial charge in [-0.1, -0.05) is 0 Å². The average molecular weight is 499 g/mol. The van der Waals surface area contributed by atoms with Crippen molar-refractivity contribution in [3.63, 3.8) is 0 Å². The number of likely N-dealkylation sites (tertiary alicyclic amines) is 2. The zero-order chi connectivity index (χ0) is 25.7. The Morgan fingerprint density at radius 1 is 0.971 bits per heavy atom. The van der Waals surface area contributed by atoms with Gasteiger partial charge in [0, 0.05) is 33.9 Å². The molecule has 35 heavy (non-hydrogen) atoms. The standard InChI is InChI=1S/C26H46N2O7/c1-7-33-22(29)20-11-13-21(14-12-20)34-26(27-16-8-9-17-27,23(30)35-24(2,3)4)28-18-10-15-25(28,32-6)19-31-5/h20-21H,7-19H2,1-6H3/t20?,21?,25-,26?/m0/s1. The van der Waals surface area contributed by atoms with Crippen molar-refractivity contribution in [1.82, 2.24) is 9.80 Å². The van der Waals surface area contributed by atoms with Gasteiger partial charge in [0.2, 0.25) is 0 Å². The van der Waals surface area contributed by atoms with Crippen LogP contribution < -0.4 is 0 Å². The summed E-state index contributed by atoms with van der Waals surface area (Å²) in [4.78, 5) is 30.7. The number of nitrogens with zero attached hydrogens (tertiary/aromatic N) is 2. The van der Waals surface area contributed by atoms with Crippen LogP contribution in [0.15, 0.2) is 0 Å². The largest absolute Gasteiger partial charge is 0.466 e. The molecule has 3 aliphatic rings. The van der Waals surface area contributed by atoms with Crippen LogP contribution in [0.25, 0.3) is 0 Å². The lowest BCUT2D eigenvalue weighted by atomic mass is 9.87. The lowest BCUT2D eigenvalue weighted by molar-refractivity contribution is -0.320. The third kappa shape index (κ3) is 6.18. The normalized spacial score (nSPS) is 30.2. The first-order valence-electron chi connectivity index (χ1n) is 13.3. The van der Waals surface area contributed by atoms with E-state index in [1.54, 1.807) is 14.2 Å². The first-order chi connectivity index (χ1) is 16.6.